The molecule has 3 heterocycles. The summed E-state index contributed by atoms with van der Waals surface area (Å²) in [5.74, 6) is 1.06. The van der Waals surface area contributed by atoms with E-state index in [0.29, 0.717) is 39.2 Å². The molecule has 2 aliphatic carbocycles. The summed E-state index contributed by atoms with van der Waals surface area (Å²) in [5, 5.41) is 15.6. The summed E-state index contributed by atoms with van der Waals surface area (Å²) in [5.41, 5.74) is 6.27. The summed E-state index contributed by atoms with van der Waals surface area (Å²) in [7, 11) is 0. The molecule has 1 saturated heterocycles. The molecule has 1 spiro atoms. The number of halogens is 2. The minimum absolute atomic E-state index is 0.0362. The second-order valence-corrected chi connectivity index (χ2v) is 13.8. The van der Waals surface area contributed by atoms with Gasteiger partial charge in [-0.3, -0.25) is 0 Å². The molecule has 0 radical (unpaired) electrons. The predicted octanol–water partition coefficient (Wildman–Crippen LogP) is 8.90. The van der Waals surface area contributed by atoms with E-state index >= 15 is 0 Å². The normalized spacial score (nSPS) is 19.5. The van der Waals surface area contributed by atoms with Gasteiger partial charge in [0.05, 0.1) is 20.3 Å². The Bertz CT molecular complexity index is 1910. The SMILES string of the molecule is O=C(O)c1nsc2cc(N3CCC4(CCCc5ccc(OCc6c(-c7c(Cl)cccc7Cl)noc6C6CC6)cc54)C3)ccc12. The fraction of sp³-hybridized carbons (Fsp3) is 0.324. The first-order chi connectivity index (χ1) is 21.4. The van der Waals surface area contributed by atoms with Crippen LogP contribution in [0.2, 0.25) is 10.0 Å². The zero-order chi connectivity index (χ0) is 30.0. The Morgan fingerprint density at radius 3 is 2.75 bits per heavy atom. The largest absolute Gasteiger partial charge is 0.489 e. The number of aromatic nitrogens is 2. The monoisotopic (exact) mass is 645 g/mol. The second kappa shape index (κ2) is 10.8. The van der Waals surface area contributed by atoms with E-state index < -0.39 is 5.97 Å². The van der Waals surface area contributed by atoms with E-state index in [9.17, 15) is 9.90 Å². The van der Waals surface area contributed by atoms with Crippen molar-refractivity contribution in [3.8, 4) is 17.0 Å². The molecule has 10 heteroatoms. The number of hydrogen-bond donors (Lipinski definition) is 1. The second-order valence-electron chi connectivity index (χ2n) is 12.2. The van der Waals surface area contributed by atoms with Gasteiger partial charge in [-0.05, 0) is 104 Å². The number of hydrogen-bond acceptors (Lipinski definition) is 7. The predicted molar refractivity (Wildman–Crippen MR) is 173 cm³/mol. The van der Waals surface area contributed by atoms with Crippen molar-refractivity contribution in [2.24, 2.45) is 0 Å². The highest BCUT2D eigenvalue weighted by molar-refractivity contribution is 7.13. The molecule has 1 unspecified atom stereocenters. The maximum Gasteiger partial charge on any atom is 0.356 e. The third-order valence-electron chi connectivity index (χ3n) is 9.48. The van der Waals surface area contributed by atoms with Crippen LogP contribution in [0, 0.1) is 0 Å². The van der Waals surface area contributed by atoms with Crippen molar-refractivity contribution < 1.29 is 19.2 Å². The van der Waals surface area contributed by atoms with E-state index in [0.717, 1.165) is 79.1 Å². The first-order valence-corrected chi connectivity index (χ1v) is 16.5. The summed E-state index contributed by atoms with van der Waals surface area (Å²) in [6.45, 7) is 2.16. The van der Waals surface area contributed by atoms with Gasteiger partial charge in [0.15, 0.2) is 5.69 Å². The van der Waals surface area contributed by atoms with Gasteiger partial charge < -0.3 is 19.3 Å². The Morgan fingerprint density at radius 1 is 1.11 bits per heavy atom. The molecule has 2 fully saturated rings. The molecular weight excluding hydrogens is 617 g/mol. The Balaban J connectivity index is 1.07. The van der Waals surface area contributed by atoms with E-state index in [1.807, 2.05) is 30.3 Å². The first-order valence-electron chi connectivity index (χ1n) is 15.0. The van der Waals surface area contributed by atoms with Crippen LogP contribution < -0.4 is 9.64 Å². The molecule has 44 heavy (non-hydrogen) atoms. The van der Waals surface area contributed by atoms with Crippen LogP contribution in [0.4, 0.5) is 5.69 Å². The topological polar surface area (TPSA) is 88.7 Å². The number of benzene rings is 3. The van der Waals surface area contributed by atoms with Crippen molar-refractivity contribution in [2.45, 2.75) is 56.5 Å². The highest BCUT2D eigenvalue weighted by Gasteiger charge is 2.43. The molecule has 1 N–H and O–H groups in total. The molecule has 1 saturated carbocycles. The van der Waals surface area contributed by atoms with Gasteiger partial charge in [0.25, 0.3) is 0 Å². The van der Waals surface area contributed by atoms with Gasteiger partial charge in [-0.15, -0.1) is 0 Å². The number of aromatic carboxylic acids is 1. The number of carboxylic acids is 1. The number of fused-ring (bicyclic) bond motifs is 3. The molecule has 2 aromatic heterocycles. The van der Waals surface area contributed by atoms with Gasteiger partial charge >= 0.3 is 5.97 Å². The maximum atomic E-state index is 11.5. The fourth-order valence-corrected chi connectivity index (χ4v) is 8.49. The van der Waals surface area contributed by atoms with E-state index in [1.165, 1.54) is 22.7 Å². The molecule has 5 aromatic rings. The number of anilines is 1. The third kappa shape index (κ3) is 4.75. The summed E-state index contributed by atoms with van der Waals surface area (Å²) in [6, 6.07) is 18.0. The van der Waals surface area contributed by atoms with Gasteiger partial charge in [-0.1, -0.05) is 40.5 Å². The Hall–Kier alpha value is -3.59. The highest BCUT2D eigenvalue weighted by Crippen LogP contribution is 2.48. The van der Waals surface area contributed by atoms with Crippen molar-refractivity contribution in [1.29, 1.82) is 0 Å². The Morgan fingerprint density at radius 2 is 1.95 bits per heavy atom. The molecule has 1 aliphatic heterocycles. The van der Waals surface area contributed by atoms with Crippen LogP contribution in [0.25, 0.3) is 21.3 Å². The average Bonchev–Trinajstić information content (AvgIpc) is 3.42. The zero-order valence-corrected chi connectivity index (χ0v) is 26.1. The van der Waals surface area contributed by atoms with Crippen molar-refractivity contribution in [3.05, 3.63) is 92.8 Å². The van der Waals surface area contributed by atoms with Gasteiger partial charge in [-0.25, -0.2) is 4.79 Å². The maximum absolute atomic E-state index is 11.5. The summed E-state index contributed by atoms with van der Waals surface area (Å²) >= 11 is 14.4. The fourth-order valence-electron chi connectivity index (χ4n) is 7.11. The quantitative estimate of drug-likeness (QED) is 0.189. The third-order valence-corrected chi connectivity index (χ3v) is 10.9. The van der Waals surface area contributed by atoms with E-state index in [4.69, 9.17) is 32.5 Å². The molecule has 8 rings (SSSR count). The van der Waals surface area contributed by atoms with Crippen LogP contribution in [0.1, 0.15) is 71.0 Å². The molecule has 3 aliphatic rings. The van der Waals surface area contributed by atoms with Crippen LogP contribution in [-0.2, 0) is 18.4 Å². The summed E-state index contributed by atoms with van der Waals surface area (Å²) in [6.07, 6.45) is 6.55. The number of carboxylic acid groups (broad SMARTS) is 1. The number of rotatable bonds is 7. The van der Waals surface area contributed by atoms with Crippen molar-refractivity contribution in [3.63, 3.8) is 0 Å². The lowest BCUT2D eigenvalue weighted by Crippen LogP contribution is -2.34. The lowest BCUT2D eigenvalue weighted by Gasteiger charge is -2.36. The lowest BCUT2D eigenvalue weighted by molar-refractivity contribution is 0.0694. The van der Waals surface area contributed by atoms with Crippen LogP contribution in [0.15, 0.2) is 59.1 Å². The van der Waals surface area contributed by atoms with Crippen LogP contribution in [0.5, 0.6) is 5.75 Å². The van der Waals surface area contributed by atoms with Gasteiger partial charge in [0, 0.05) is 41.1 Å². The van der Waals surface area contributed by atoms with E-state index in [2.05, 4.69) is 38.7 Å². The smallest absolute Gasteiger partial charge is 0.356 e. The molecule has 1 atom stereocenters. The van der Waals surface area contributed by atoms with Gasteiger partial charge in [0.2, 0.25) is 0 Å². The number of nitrogens with zero attached hydrogens (tertiary/aromatic N) is 3. The summed E-state index contributed by atoms with van der Waals surface area (Å²) < 4.78 is 17.4. The number of carbonyl (C=O) groups is 1. The minimum atomic E-state index is -0.988. The number of aryl methyl sites for hydroxylation is 1. The molecule has 3 aromatic carbocycles. The number of ether oxygens (including phenoxy) is 1. The van der Waals surface area contributed by atoms with Gasteiger partial charge in [0.1, 0.15) is 23.8 Å². The Labute approximate surface area is 268 Å². The van der Waals surface area contributed by atoms with Crippen LogP contribution >= 0.6 is 34.7 Å². The van der Waals surface area contributed by atoms with E-state index in [1.54, 1.807) is 0 Å². The molecule has 7 nitrogen and oxygen atoms in total. The molecule has 224 valence electrons. The average molecular weight is 647 g/mol. The standard InChI is InChI=1S/C34H29Cl2N3O4S/c35-26-4-1-5-27(36)29(26)30-24(32(43-37-30)20-6-7-20)17-42-22-10-8-19-3-2-12-34(25(19)16-22)13-14-39(18-34)21-9-11-23-28(15-21)44-38-31(23)33(40)41/h1,4-5,8-11,15-16,20H,2-3,6-7,12-14,17-18H2,(H,40,41). The summed E-state index contributed by atoms with van der Waals surface area (Å²) in [4.78, 5) is 14.0. The van der Waals surface area contributed by atoms with Crippen LogP contribution in [0.3, 0.4) is 0 Å². The van der Waals surface area contributed by atoms with Crippen molar-refractivity contribution >= 4 is 56.5 Å². The molecule has 0 amide bonds. The zero-order valence-electron chi connectivity index (χ0n) is 23.8. The Kier molecular flexibility index (Phi) is 6.85. The van der Waals surface area contributed by atoms with Crippen LogP contribution in [-0.4, -0.2) is 33.7 Å². The molecule has 0 bridgehead atoms. The van der Waals surface area contributed by atoms with Crippen molar-refractivity contribution in [1.82, 2.24) is 9.53 Å². The first kappa shape index (κ1) is 27.9. The van der Waals surface area contributed by atoms with Gasteiger partial charge in [-0.2, -0.15) is 4.37 Å². The molecular formula is C34H29Cl2N3O4S. The van der Waals surface area contributed by atoms with Crippen molar-refractivity contribution in [2.75, 3.05) is 18.0 Å². The lowest BCUT2D eigenvalue weighted by atomic mass is 9.69. The van der Waals surface area contributed by atoms with E-state index in [-0.39, 0.29) is 11.1 Å². The highest BCUT2D eigenvalue weighted by atomic mass is 35.5. The minimum Gasteiger partial charge on any atom is -0.489 e.